The normalized spacial score (nSPS) is 15.1. The van der Waals surface area contributed by atoms with Gasteiger partial charge in [0.1, 0.15) is 16.5 Å². The number of para-hydroxylation sites is 1. The van der Waals surface area contributed by atoms with Crippen molar-refractivity contribution in [2.24, 2.45) is 0 Å². The highest BCUT2D eigenvalue weighted by atomic mass is 32.2. The van der Waals surface area contributed by atoms with Crippen LogP contribution in [-0.2, 0) is 0 Å². The Morgan fingerprint density at radius 2 is 1.97 bits per heavy atom. The monoisotopic (exact) mass is 423 g/mol. The Kier molecular flexibility index (Phi) is 4.55. The number of benzene rings is 1. The van der Waals surface area contributed by atoms with Gasteiger partial charge in [-0.1, -0.05) is 30.0 Å². The number of fused-ring (bicyclic) bond motifs is 1. The van der Waals surface area contributed by atoms with Gasteiger partial charge in [0.05, 0.1) is 16.3 Å². The van der Waals surface area contributed by atoms with Gasteiger partial charge in [0.2, 0.25) is 5.16 Å². The van der Waals surface area contributed by atoms with Crippen LogP contribution >= 0.6 is 23.1 Å². The van der Waals surface area contributed by atoms with E-state index in [0.717, 1.165) is 39.6 Å². The summed E-state index contributed by atoms with van der Waals surface area (Å²) in [7, 11) is 0. The smallest absolute Gasteiger partial charge is 0.259 e. The zero-order valence-electron chi connectivity index (χ0n) is 16.5. The summed E-state index contributed by atoms with van der Waals surface area (Å²) in [5, 5.41) is 6.12. The van der Waals surface area contributed by atoms with Crippen LogP contribution in [0.5, 0.6) is 0 Å². The first-order chi connectivity index (χ1) is 14.0. The minimum absolute atomic E-state index is 0.0616. The highest BCUT2D eigenvalue weighted by molar-refractivity contribution is 7.99. The molecule has 8 heteroatoms. The summed E-state index contributed by atoms with van der Waals surface area (Å²) in [6, 6.07) is 10.1. The Labute approximate surface area is 176 Å². The third kappa shape index (κ3) is 3.40. The van der Waals surface area contributed by atoms with Crippen LogP contribution in [0.4, 0.5) is 0 Å². The van der Waals surface area contributed by atoms with Gasteiger partial charge in [-0.05, 0) is 51.3 Å². The molecule has 29 heavy (non-hydrogen) atoms. The van der Waals surface area contributed by atoms with E-state index in [9.17, 15) is 4.79 Å². The number of nitrogens with zero attached hydrogens (tertiary/aromatic N) is 4. The quantitative estimate of drug-likeness (QED) is 0.462. The summed E-state index contributed by atoms with van der Waals surface area (Å²) in [5.74, 6) is 2.17. The van der Waals surface area contributed by atoms with Crippen LogP contribution in [0.3, 0.4) is 0 Å². The topological polar surface area (TPSA) is 76.5 Å². The van der Waals surface area contributed by atoms with E-state index in [1.54, 1.807) is 11.3 Å². The van der Waals surface area contributed by atoms with Gasteiger partial charge in [0, 0.05) is 10.8 Å². The average Bonchev–Trinajstić information content (AvgIpc) is 3.41. The van der Waals surface area contributed by atoms with Crippen LogP contribution in [0.25, 0.3) is 15.9 Å². The Morgan fingerprint density at radius 3 is 2.69 bits per heavy atom. The number of nitrogens with one attached hydrogen (secondary N) is 1. The molecule has 1 fully saturated rings. The summed E-state index contributed by atoms with van der Waals surface area (Å²) in [6.45, 7) is 6.03. The number of aryl methyl sites for hydroxylation is 2. The number of H-pyrrole nitrogens is 1. The first-order valence-electron chi connectivity index (χ1n) is 9.70. The average molecular weight is 424 g/mol. The van der Waals surface area contributed by atoms with Crippen LogP contribution in [0, 0.1) is 13.8 Å². The van der Waals surface area contributed by atoms with E-state index in [4.69, 9.17) is 15.1 Å². The third-order valence-corrected chi connectivity index (χ3v) is 7.34. The number of thioether (sulfide) groups is 1. The van der Waals surface area contributed by atoms with Crippen LogP contribution in [-0.4, -0.2) is 24.7 Å². The van der Waals surface area contributed by atoms with Crippen molar-refractivity contribution >= 4 is 33.3 Å². The maximum Gasteiger partial charge on any atom is 0.259 e. The second-order valence-electron chi connectivity index (χ2n) is 7.45. The van der Waals surface area contributed by atoms with Crippen molar-refractivity contribution in [1.29, 1.82) is 0 Å². The van der Waals surface area contributed by atoms with Crippen LogP contribution in [0.1, 0.15) is 53.0 Å². The number of hydrogen-bond acceptors (Lipinski definition) is 6. The molecule has 1 N–H and O–H groups in total. The molecule has 3 heterocycles. The molecule has 4 aromatic rings. The lowest BCUT2D eigenvalue weighted by molar-refractivity contribution is 0.781. The largest absolute Gasteiger partial charge is 0.309 e. The van der Waals surface area contributed by atoms with E-state index < -0.39 is 0 Å². The molecule has 148 valence electrons. The van der Waals surface area contributed by atoms with Crippen molar-refractivity contribution in [3.63, 3.8) is 0 Å². The van der Waals surface area contributed by atoms with E-state index in [2.05, 4.69) is 4.98 Å². The van der Waals surface area contributed by atoms with E-state index in [1.807, 2.05) is 55.8 Å². The molecule has 0 radical (unpaired) electrons. The number of rotatable bonds is 5. The van der Waals surface area contributed by atoms with Gasteiger partial charge in [0.15, 0.2) is 0 Å². The summed E-state index contributed by atoms with van der Waals surface area (Å²) in [5.41, 5.74) is 1.97. The lowest BCUT2D eigenvalue weighted by Crippen LogP contribution is -2.12. The minimum Gasteiger partial charge on any atom is -0.309 e. The van der Waals surface area contributed by atoms with E-state index in [1.165, 1.54) is 11.8 Å². The fourth-order valence-corrected chi connectivity index (χ4v) is 5.25. The SMILES string of the molecule is Cc1sc2nc([C@H](C)Sc3nc(C4CC4)n(-c4ccccc4)n3)[nH]c(=O)c2c1C. The summed E-state index contributed by atoms with van der Waals surface area (Å²) < 4.78 is 1.96. The van der Waals surface area contributed by atoms with Gasteiger partial charge < -0.3 is 4.98 Å². The summed E-state index contributed by atoms with van der Waals surface area (Å²) in [6.07, 6.45) is 2.32. The highest BCUT2D eigenvalue weighted by Crippen LogP contribution is 2.41. The third-order valence-electron chi connectivity index (χ3n) is 5.28. The van der Waals surface area contributed by atoms with E-state index >= 15 is 0 Å². The van der Waals surface area contributed by atoms with Crippen LogP contribution in [0.15, 0.2) is 40.3 Å². The summed E-state index contributed by atoms with van der Waals surface area (Å²) >= 11 is 3.10. The first kappa shape index (κ1) is 18.6. The maximum absolute atomic E-state index is 12.6. The molecule has 3 aromatic heterocycles. The second kappa shape index (κ2) is 7.11. The zero-order valence-corrected chi connectivity index (χ0v) is 18.1. The Morgan fingerprint density at radius 1 is 1.21 bits per heavy atom. The molecule has 6 nitrogen and oxygen atoms in total. The summed E-state index contributed by atoms with van der Waals surface area (Å²) in [4.78, 5) is 27.0. The molecular formula is C21H21N5OS2. The van der Waals surface area contributed by atoms with Crippen molar-refractivity contribution in [3.8, 4) is 5.69 Å². The zero-order chi connectivity index (χ0) is 20.1. The minimum atomic E-state index is -0.0688. The molecule has 0 amide bonds. The van der Waals surface area contributed by atoms with Gasteiger partial charge in [-0.2, -0.15) is 0 Å². The van der Waals surface area contributed by atoms with Crippen molar-refractivity contribution in [2.45, 2.75) is 49.9 Å². The molecule has 5 rings (SSSR count). The molecule has 0 bridgehead atoms. The number of aromatic nitrogens is 5. The lowest BCUT2D eigenvalue weighted by atomic mass is 10.2. The number of hydrogen-bond donors (Lipinski definition) is 1. The number of thiophene rings is 1. The van der Waals surface area contributed by atoms with E-state index in [0.29, 0.717) is 22.3 Å². The van der Waals surface area contributed by atoms with Crippen LogP contribution in [0.2, 0.25) is 0 Å². The predicted octanol–water partition coefficient (Wildman–Crippen LogP) is 4.91. The Bertz CT molecular complexity index is 1250. The van der Waals surface area contributed by atoms with Crippen LogP contribution < -0.4 is 5.56 Å². The molecule has 1 atom stereocenters. The van der Waals surface area contributed by atoms with Crippen molar-refractivity contribution in [2.75, 3.05) is 0 Å². The molecular weight excluding hydrogens is 402 g/mol. The lowest BCUT2D eigenvalue weighted by Gasteiger charge is -2.08. The molecule has 0 unspecified atom stereocenters. The number of aromatic amines is 1. The molecule has 1 aromatic carbocycles. The molecule has 0 saturated heterocycles. The first-order valence-corrected chi connectivity index (χ1v) is 11.4. The van der Waals surface area contributed by atoms with Gasteiger partial charge in [-0.25, -0.2) is 14.6 Å². The van der Waals surface area contributed by atoms with Gasteiger partial charge in [0.25, 0.3) is 5.56 Å². The van der Waals surface area contributed by atoms with Crippen molar-refractivity contribution in [1.82, 2.24) is 24.7 Å². The molecule has 1 saturated carbocycles. The standard InChI is InChI=1S/C21H21N5OS2/c1-11-12(2)28-20-16(11)19(27)22-17(23-20)13(3)29-21-24-18(14-9-10-14)26(25-21)15-7-5-4-6-8-15/h4-8,13-14H,9-10H2,1-3H3,(H,22,23,27)/t13-/m0/s1. The van der Waals surface area contributed by atoms with E-state index in [-0.39, 0.29) is 10.8 Å². The highest BCUT2D eigenvalue weighted by Gasteiger charge is 2.31. The molecule has 0 spiro atoms. The second-order valence-corrected chi connectivity index (χ2v) is 9.96. The fraction of sp³-hybridized carbons (Fsp3) is 0.333. The molecule has 1 aliphatic carbocycles. The Hall–Kier alpha value is -2.45. The molecule has 0 aliphatic heterocycles. The predicted molar refractivity (Wildman–Crippen MR) is 117 cm³/mol. The van der Waals surface area contributed by atoms with Gasteiger partial charge in [-0.15, -0.1) is 16.4 Å². The van der Waals surface area contributed by atoms with Crippen molar-refractivity contribution < 1.29 is 0 Å². The molecule has 1 aliphatic rings. The van der Waals surface area contributed by atoms with Gasteiger partial charge in [-0.3, -0.25) is 4.79 Å². The van der Waals surface area contributed by atoms with Gasteiger partial charge >= 0.3 is 0 Å². The maximum atomic E-state index is 12.6. The van der Waals surface area contributed by atoms with Crippen molar-refractivity contribution in [3.05, 3.63) is 62.8 Å². The fourth-order valence-electron chi connectivity index (χ4n) is 3.40. The Balaban J connectivity index is 1.47.